The van der Waals surface area contributed by atoms with E-state index in [0.717, 1.165) is 5.56 Å². The Morgan fingerprint density at radius 1 is 1.04 bits per heavy atom. The van der Waals surface area contributed by atoms with Crippen LogP contribution in [-0.2, 0) is 0 Å². The lowest BCUT2D eigenvalue weighted by atomic mass is 9.78. The van der Waals surface area contributed by atoms with E-state index in [4.69, 9.17) is 9.47 Å². The van der Waals surface area contributed by atoms with Crippen LogP contribution in [0.15, 0.2) is 18.2 Å². The van der Waals surface area contributed by atoms with Gasteiger partial charge in [0.25, 0.3) is 0 Å². The number of benzene rings is 2. The van der Waals surface area contributed by atoms with Crippen LogP contribution in [0.25, 0.3) is 6.08 Å². The summed E-state index contributed by atoms with van der Waals surface area (Å²) < 4.78 is 11.5. The van der Waals surface area contributed by atoms with Crippen LogP contribution in [0.5, 0.6) is 17.2 Å². The van der Waals surface area contributed by atoms with E-state index in [9.17, 15) is 14.7 Å². The van der Waals surface area contributed by atoms with E-state index >= 15 is 0 Å². The third-order valence-electron chi connectivity index (χ3n) is 5.27. The summed E-state index contributed by atoms with van der Waals surface area (Å²) in [6.07, 6.45) is 3.71. The van der Waals surface area contributed by atoms with Gasteiger partial charge >= 0.3 is 0 Å². The summed E-state index contributed by atoms with van der Waals surface area (Å²) >= 11 is 0. The normalized spacial score (nSPS) is 16.3. The van der Waals surface area contributed by atoms with E-state index < -0.39 is 11.4 Å². The number of fused-ring (bicyclic) bond motifs is 4. The molecular weight excluding hydrogens is 344 g/mol. The third kappa shape index (κ3) is 2.31. The largest absolute Gasteiger partial charge is 0.507 e. The van der Waals surface area contributed by atoms with Crippen molar-refractivity contribution >= 4 is 17.6 Å². The zero-order chi connectivity index (χ0) is 19.7. The van der Waals surface area contributed by atoms with Crippen molar-refractivity contribution in [2.75, 3.05) is 7.11 Å². The minimum atomic E-state index is -0.637. The molecule has 27 heavy (non-hydrogen) atoms. The molecule has 5 heteroatoms. The van der Waals surface area contributed by atoms with E-state index in [2.05, 4.69) is 0 Å². The summed E-state index contributed by atoms with van der Waals surface area (Å²) in [7, 11) is 1.51. The minimum absolute atomic E-state index is 0.0407. The molecule has 0 radical (unpaired) electrons. The van der Waals surface area contributed by atoms with Crippen molar-refractivity contribution in [3.8, 4) is 17.2 Å². The lowest BCUT2D eigenvalue weighted by molar-refractivity contribution is 0.0963. The Hall–Kier alpha value is -3.08. The molecule has 0 unspecified atom stereocenters. The molecule has 1 aliphatic carbocycles. The molecule has 4 rings (SSSR count). The molecule has 0 amide bonds. The van der Waals surface area contributed by atoms with E-state index in [1.54, 1.807) is 19.9 Å². The zero-order valence-corrected chi connectivity index (χ0v) is 15.9. The highest BCUT2D eigenvalue weighted by Crippen LogP contribution is 2.46. The van der Waals surface area contributed by atoms with Gasteiger partial charge in [-0.1, -0.05) is 0 Å². The SMILES string of the molecule is COc1cc2c(c3c1C=CC(C)(C)O3)C(=O)c1c(O)cc(C)c(C)c1C2=O. The van der Waals surface area contributed by atoms with Gasteiger partial charge < -0.3 is 14.6 Å². The van der Waals surface area contributed by atoms with Crippen molar-refractivity contribution in [1.29, 1.82) is 0 Å². The average Bonchev–Trinajstić information content (AvgIpc) is 2.60. The Bertz CT molecular complexity index is 1070. The van der Waals surface area contributed by atoms with E-state index in [1.165, 1.54) is 13.2 Å². The Morgan fingerprint density at radius 3 is 2.41 bits per heavy atom. The van der Waals surface area contributed by atoms with Gasteiger partial charge in [-0.05, 0) is 63.1 Å². The average molecular weight is 364 g/mol. The van der Waals surface area contributed by atoms with Gasteiger partial charge in [0.05, 0.1) is 23.8 Å². The number of phenolic OH excluding ortho intramolecular Hbond substituents is 1. The van der Waals surface area contributed by atoms with Crippen LogP contribution in [0.2, 0.25) is 0 Å². The Balaban J connectivity index is 2.09. The van der Waals surface area contributed by atoms with Gasteiger partial charge in [0.1, 0.15) is 22.8 Å². The molecule has 138 valence electrons. The Morgan fingerprint density at radius 2 is 1.74 bits per heavy atom. The number of ether oxygens (including phenoxy) is 2. The maximum Gasteiger partial charge on any atom is 0.202 e. The molecule has 0 spiro atoms. The van der Waals surface area contributed by atoms with Crippen LogP contribution in [0.3, 0.4) is 0 Å². The predicted octanol–water partition coefficient (Wildman–Crippen LogP) is 3.98. The molecule has 0 saturated carbocycles. The topological polar surface area (TPSA) is 72.8 Å². The monoisotopic (exact) mass is 364 g/mol. The first-order valence-electron chi connectivity index (χ1n) is 8.72. The lowest BCUT2D eigenvalue weighted by Gasteiger charge is -2.32. The Kier molecular flexibility index (Phi) is 3.51. The highest BCUT2D eigenvalue weighted by atomic mass is 16.5. The molecule has 0 aromatic heterocycles. The van der Waals surface area contributed by atoms with Crippen LogP contribution >= 0.6 is 0 Å². The number of aryl methyl sites for hydroxylation is 1. The molecule has 0 fully saturated rings. The van der Waals surface area contributed by atoms with Crippen molar-refractivity contribution in [3.63, 3.8) is 0 Å². The van der Waals surface area contributed by atoms with Gasteiger partial charge in [0.15, 0.2) is 5.78 Å². The first kappa shape index (κ1) is 17.3. The number of aromatic hydroxyl groups is 1. The van der Waals surface area contributed by atoms with Crippen LogP contribution in [0.4, 0.5) is 0 Å². The fourth-order valence-corrected chi connectivity index (χ4v) is 3.74. The summed E-state index contributed by atoms with van der Waals surface area (Å²) in [5.74, 6) is -0.126. The summed E-state index contributed by atoms with van der Waals surface area (Å²) in [6.45, 7) is 7.31. The molecule has 5 nitrogen and oxygen atoms in total. The van der Waals surface area contributed by atoms with Gasteiger partial charge in [-0.2, -0.15) is 0 Å². The standard InChI is InChI=1S/C22H20O5/c1-10-8-14(23)18-16(11(10)2)19(24)13-9-15(26-5)12-6-7-22(3,4)27-21(12)17(13)20(18)25/h6-9,23H,1-5H3. The quantitative estimate of drug-likeness (QED) is 0.707. The molecule has 2 aromatic carbocycles. The molecule has 2 aromatic rings. The number of phenols is 1. The fraction of sp³-hybridized carbons (Fsp3) is 0.273. The second-order valence-corrected chi connectivity index (χ2v) is 7.53. The van der Waals surface area contributed by atoms with Gasteiger partial charge in [0.2, 0.25) is 5.78 Å². The predicted molar refractivity (Wildman–Crippen MR) is 101 cm³/mol. The van der Waals surface area contributed by atoms with Gasteiger partial charge in [-0.15, -0.1) is 0 Å². The fourth-order valence-electron chi connectivity index (χ4n) is 3.74. The second kappa shape index (κ2) is 5.46. The molecular formula is C22H20O5. The number of hydrogen-bond donors (Lipinski definition) is 1. The molecule has 1 N–H and O–H groups in total. The summed E-state index contributed by atoms with van der Waals surface area (Å²) in [4.78, 5) is 26.7. The van der Waals surface area contributed by atoms with Crippen molar-refractivity contribution in [2.45, 2.75) is 33.3 Å². The van der Waals surface area contributed by atoms with E-state index in [-0.39, 0.29) is 33.8 Å². The van der Waals surface area contributed by atoms with Crippen molar-refractivity contribution in [3.05, 3.63) is 57.2 Å². The van der Waals surface area contributed by atoms with Crippen LogP contribution in [0.1, 0.15) is 62.4 Å². The van der Waals surface area contributed by atoms with Crippen molar-refractivity contribution in [1.82, 2.24) is 0 Å². The number of methoxy groups -OCH3 is 1. The summed E-state index contributed by atoms with van der Waals surface area (Å²) in [6, 6.07) is 3.10. The van der Waals surface area contributed by atoms with Crippen molar-refractivity contribution in [2.24, 2.45) is 0 Å². The number of carbonyl (C=O) groups is 2. The van der Waals surface area contributed by atoms with Crippen molar-refractivity contribution < 1.29 is 24.2 Å². The maximum atomic E-state index is 13.4. The number of ketones is 2. The second-order valence-electron chi connectivity index (χ2n) is 7.53. The first-order valence-corrected chi connectivity index (χ1v) is 8.72. The highest BCUT2D eigenvalue weighted by molar-refractivity contribution is 6.31. The van der Waals surface area contributed by atoms with E-state index in [1.807, 2.05) is 26.0 Å². The van der Waals surface area contributed by atoms with E-state index in [0.29, 0.717) is 22.6 Å². The number of carbonyl (C=O) groups excluding carboxylic acids is 2. The third-order valence-corrected chi connectivity index (χ3v) is 5.27. The van der Waals surface area contributed by atoms with Crippen LogP contribution in [0, 0.1) is 13.8 Å². The first-order chi connectivity index (χ1) is 12.7. The van der Waals surface area contributed by atoms with Crippen LogP contribution in [-0.4, -0.2) is 29.4 Å². The highest BCUT2D eigenvalue weighted by Gasteiger charge is 2.40. The lowest BCUT2D eigenvalue weighted by Crippen LogP contribution is -2.31. The molecule has 0 saturated heterocycles. The van der Waals surface area contributed by atoms with Crippen LogP contribution < -0.4 is 9.47 Å². The summed E-state index contributed by atoms with van der Waals surface area (Å²) in [5.41, 5.74) is 2.12. The van der Waals surface area contributed by atoms with Gasteiger partial charge in [-0.3, -0.25) is 9.59 Å². The molecule has 0 bridgehead atoms. The summed E-state index contributed by atoms with van der Waals surface area (Å²) in [5, 5.41) is 10.4. The zero-order valence-electron chi connectivity index (χ0n) is 15.9. The molecule has 0 atom stereocenters. The smallest absolute Gasteiger partial charge is 0.202 e. The minimum Gasteiger partial charge on any atom is -0.507 e. The molecule has 2 aliphatic rings. The van der Waals surface area contributed by atoms with Gasteiger partial charge in [0, 0.05) is 11.1 Å². The van der Waals surface area contributed by atoms with Gasteiger partial charge in [-0.25, -0.2) is 0 Å². The molecule has 1 heterocycles. The molecule has 1 aliphatic heterocycles. The Labute approximate surface area is 157 Å². The maximum absolute atomic E-state index is 13.4. The number of rotatable bonds is 1. The number of hydrogen-bond acceptors (Lipinski definition) is 5.